The Kier molecular flexibility index (Phi) is 4.98. The summed E-state index contributed by atoms with van der Waals surface area (Å²) in [6, 6.07) is 5.51. The number of anilines is 1. The van der Waals surface area contributed by atoms with E-state index >= 15 is 0 Å². The largest absolute Gasteiger partial charge is 0.492 e. The molecule has 0 saturated heterocycles. The van der Waals surface area contributed by atoms with Crippen molar-refractivity contribution in [2.24, 2.45) is 0 Å². The minimum absolute atomic E-state index is 0.0113. The van der Waals surface area contributed by atoms with Crippen LogP contribution in [0.3, 0.4) is 0 Å². The zero-order valence-electron chi connectivity index (χ0n) is 12.4. The van der Waals surface area contributed by atoms with Gasteiger partial charge in [0.05, 0.1) is 0 Å². The van der Waals surface area contributed by atoms with Gasteiger partial charge in [-0.3, -0.25) is 4.79 Å². The molecule has 0 aromatic heterocycles. The van der Waals surface area contributed by atoms with E-state index < -0.39 is 0 Å². The molecule has 1 heterocycles. The number of fused-ring (bicyclic) bond motifs is 1. The molecule has 0 spiro atoms. The standard InChI is InChI=1S/C15H23N3O2/c1-4-18(5-2)8-9-20-11-6-7-12-13(10-11)17-15(19)14(12)16-3/h6-7,10,14,16H,4-5,8-9H2,1-3H3,(H,17,19). The maximum absolute atomic E-state index is 11.7. The summed E-state index contributed by atoms with van der Waals surface area (Å²) in [5.41, 5.74) is 1.82. The molecule has 1 unspecified atom stereocenters. The molecule has 2 rings (SSSR count). The Hall–Kier alpha value is -1.59. The Morgan fingerprint density at radius 3 is 2.75 bits per heavy atom. The topological polar surface area (TPSA) is 53.6 Å². The predicted molar refractivity (Wildman–Crippen MR) is 80.2 cm³/mol. The molecule has 1 aliphatic heterocycles. The molecule has 2 N–H and O–H groups in total. The Balaban J connectivity index is 1.96. The van der Waals surface area contributed by atoms with Crippen molar-refractivity contribution in [3.63, 3.8) is 0 Å². The summed E-state index contributed by atoms with van der Waals surface area (Å²) in [4.78, 5) is 14.0. The Morgan fingerprint density at radius 2 is 2.10 bits per heavy atom. The van der Waals surface area contributed by atoms with Gasteiger partial charge in [0.25, 0.3) is 0 Å². The predicted octanol–water partition coefficient (Wildman–Crippen LogP) is 1.62. The van der Waals surface area contributed by atoms with Gasteiger partial charge in [-0.15, -0.1) is 0 Å². The van der Waals surface area contributed by atoms with Crippen LogP contribution in [0.1, 0.15) is 25.5 Å². The van der Waals surface area contributed by atoms with Gasteiger partial charge in [-0.25, -0.2) is 0 Å². The number of amides is 1. The first-order valence-electron chi connectivity index (χ1n) is 7.16. The fourth-order valence-electron chi connectivity index (χ4n) is 2.45. The summed E-state index contributed by atoms with van der Waals surface area (Å²) in [7, 11) is 1.79. The maximum atomic E-state index is 11.7. The number of benzene rings is 1. The van der Waals surface area contributed by atoms with Gasteiger partial charge in [0.1, 0.15) is 18.4 Å². The van der Waals surface area contributed by atoms with Gasteiger partial charge in [-0.05, 0) is 26.2 Å². The van der Waals surface area contributed by atoms with Gasteiger partial charge in [-0.1, -0.05) is 19.9 Å². The third-order valence-electron chi connectivity index (χ3n) is 3.72. The van der Waals surface area contributed by atoms with Gasteiger partial charge in [0.15, 0.2) is 0 Å². The van der Waals surface area contributed by atoms with Gasteiger partial charge < -0.3 is 20.3 Å². The Morgan fingerprint density at radius 1 is 1.35 bits per heavy atom. The van der Waals surface area contributed by atoms with Crippen molar-refractivity contribution in [1.82, 2.24) is 10.2 Å². The van der Waals surface area contributed by atoms with E-state index in [0.29, 0.717) is 6.61 Å². The third-order valence-corrected chi connectivity index (χ3v) is 3.72. The molecule has 5 nitrogen and oxygen atoms in total. The lowest BCUT2D eigenvalue weighted by Gasteiger charge is -2.18. The van der Waals surface area contributed by atoms with E-state index in [1.807, 2.05) is 18.2 Å². The molecular weight excluding hydrogens is 254 g/mol. The van der Waals surface area contributed by atoms with Crippen LogP contribution >= 0.6 is 0 Å². The van der Waals surface area contributed by atoms with Crippen LogP contribution in [0.5, 0.6) is 5.75 Å². The second kappa shape index (κ2) is 6.72. The monoisotopic (exact) mass is 277 g/mol. The van der Waals surface area contributed by atoms with Crippen molar-refractivity contribution in [2.45, 2.75) is 19.9 Å². The highest BCUT2D eigenvalue weighted by molar-refractivity contribution is 6.02. The fourth-order valence-corrected chi connectivity index (χ4v) is 2.45. The molecule has 0 radical (unpaired) electrons. The number of likely N-dealkylation sites (N-methyl/N-ethyl adjacent to an activating group) is 2. The second-order valence-corrected chi connectivity index (χ2v) is 4.84. The first kappa shape index (κ1) is 14.8. The van der Waals surface area contributed by atoms with E-state index in [9.17, 15) is 4.79 Å². The van der Waals surface area contributed by atoms with Crippen molar-refractivity contribution in [3.05, 3.63) is 23.8 Å². The van der Waals surface area contributed by atoms with Crippen molar-refractivity contribution in [2.75, 3.05) is 38.6 Å². The van der Waals surface area contributed by atoms with Gasteiger partial charge >= 0.3 is 0 Å². The van der Waals surface area contributed by atoms with Crippen LogP contribution in [-0.4, -0.2) is 44.1 Å². The lowest BCUT2D eigenvalue weighted by molar-refractivity contribution is -0.117. The summed E-state index contributed by atoms with van der Waals surface area (Å²) in [5.74, 6) is 0.788. The van der Waals surface area contributed by atoms with Crippen LogP contribution in [0, 0.1) is 0 Å². The number of carbonyl (C=O) groups is 1. The minimum Gasteiger partial charge on any atom is -0.492 e. The Bertz CT molecular complexity index is 472. The summed E-state index contributed by atoms with van der Waals surface area (Å²) in [6.07, 6.45) is 0. The number of nitrogens with zero attached hydrogens (tertiary/aromatic N) is 1. The van der Waals surface area contributed by atoms with E-state index in [1.54, 1.807) is 7.05 Å². The molecule has 0 saturated carbocycles. The zero-order chi connectivity index (χ0) is 14.5. The van der Waals surface area contributed by atoms with Crippen LogP contribution in [0.25, 0.3) is 0 Å². The molecule has 0 fully saturated rings. The molecule has 110 valence electrons. The average molecular weight is 277 g/mol. The average Bonchev–Trinajstić information content (AvgIpc) is 2.78. The summed E-state index contributed by atoms with van der Waals surface area (Å²) < 4.78 is 5.76. The highest BCUT2D eigenvalue weighted by Crippen LogP contribution is 2.33. The quantitative estimate of drug-likeness (QED) is 0.795. The number of rotatable bonds is 7. The second-order valence-electron chi connectivity index (χ2n) is 4.84. The number of hydrogen-bond donors (Lipinski definition) is 2. The van der Waals surface area contributed by atoms with E-state index in [1.165, 1.54) is 0 Å². The van der Waals surface area contributed by atoms with Crippen molar-refractivity contribution < 1.29 is 9.53 Å². The van der Waals surface area contributed by atoms with E-state index in [2.05, 4.69) is 29.4 Å². The van der Waals surface area contributed by atoms with E-state index in [4.69, 9.17) is 4.74 Å². The molecule has 0 aliphatic carbocycles. The maximum Gasteiger partial charge on any atom is 0.246 e. The molecular formula is C15H23N3O2. The number of ether oxygens (including phenoxy) is 1. The van der Waals surface area contributed by atoms with Crippen molar-refractivity contribution in [3.8, 4) is 5.75 Å². The lowest BCUT2D eigenvalue weighted by Crippen LogP contribution is -2.27. The van der Waals surface area contributed by atoms with E-state index in [-0.39, 0.29) is 11.9 Å². The molecule has 5 heteroatoms. The molecule has 0 bridgehead atoms. The van der Waals surface area contributed by atoms with Crippen LogP contribution in [-0.2, 0) is 4.79 Å². The van der Waals surface area contributed by atoms with Crippen LogP contribution in [0.15, 0.2) is 18.2 Å². The van der Waals surface area contributed by atoms with Crippen LogP contribution in [0.2, 0.25) is 0 Å². The van der Waals surface area contributed by atoms with Gasteiger partial charge in [0, 0.05) is 23.9 Å². The smallest absolute Gasteiger partial charge is 0.246 e. The number of hydrogen-bond acceptors (Lipinski definition) is 4. The molecule has 1 atom stereocenters. The highest BCUT2D eigenvalue weighted by atomic mass is 16.5. The highest BCUT2D eigenvalue weighted by Gasteiger charge is 2.29. The lowest BCUT2D eigenvalue weighted by atomic mass is 10.1. The van der Waals surface area contributed by atoms with Crippen molar-refractivity contribution >= 4 is 11.6 Å². The minimum atomic E-state index is -0.255. The summed E-state index contributed by atoms with van der Waals surface area (Å²) in [6.45, 7) is 7.92. The first-order chi connectivity index (χ1) is 9.69. The van der Waals surface area contributed by atoms with Crippen LogP contribution in [0.4, 0.5) is 5.69 Å². The normalized spacial score (nSPS) is 17.2. The number of carbonyl (C=O) groups excluding carboxylic acids is 1. The van der Waals surface area contributed by atoms with E-state index in [0.717, 1.165) is 36.6 Å². The van der Waals surface area contributed by atoms with Gasteiger partial charge in [-0.2, -0.15) is 0 Å². The Labute approximate surface area is 120 Å². The van der Waals surface area contributed by atoms with Crippen molar-refractivity contribution in [1.29, 1.82) is 0 Å². The zero-order valence-corrected chi connectivity index (χ0v) is 12.4. The number of nitrogens with one attached hydrogen (secondary N) is 2. The van der Waals surface area contributed by atoms with Gasteiger partial charge in [0.2, 0.25) is 5.91 Å². The molecule has 1 aromatic rings. The molecule has 1 aromatic carbocycles. The molecule has 1 aliphatic rings. The SMILES string of the molecule is CCN(CC)CCOc1ccc2c(c1)NC(=O)C2NC. The first-order valence-corrected chi connectivity index (χ1v) is 7.16. The van der Waals surface area contributed by atoms with Crippen LogP contribution < -0.4 is 15.4 Å². The summed E-state index contributed by atoms with van der Waals surface area (Å²) in [5, 5.41) is 5.87. The third kappa shape index (κ3) is 3.11. The molecule has 20 heavy (non-hydrogen) atoms. The molecule has 1 amide bonds. The fraction of sp³-hybridized carbons (Fsp3) is 0.533. The summed E-state index contributed by atoms with van der Waals surface area (Å²) >= 11 is 0.